The molecular weight excluding hydrogens is 382 g/mol. The second-order valence-corrected chi connectivity index (χ2v) is 7.84. The maximum atomic E-state index is 13.2. The summed E-state index contributed by atoms with van der Waals surface area (Å²) in [5, 5.41) is 2.94. The zero-order chi connectivity index (χ0) is 20.6. The number of rotatable bonds is 8. The van der Waals surface area contributed by atoms with Crippen LogP contribution in [0.4, 0.5) is 5.69 Å². The number of carbonyl (C=O) groups is 2. The Hall–Kier alpha value is -2.57. The van der Waals surface area contributed by atoms with E-state index < -0.39 is 0 Å². The number of hydrogen-bond acceptors (Lipinski definition) is 4. The zero-order valence-electron chi connectivity index (χ0n) is 16.9. The van der Waals surface area contributed by atoms with Crippen LogP contribution in [0.3, 0.4) is 0 Å². The van der Waals surface area contributed by atoms with Crippen molar-refractivity contribution in [1.29, 1.82) is 0 Å². The number of carbonyl (C=O) groups excluding carboxylic acids is 2. The maximum Gasteiger partial charge on any atom is 0.265 e. The van der Waals surface area contributed by atoms with Gasteiger partial charge in [0.1, 0.15) is 6.54 Å². The Morgan fingerprint density at radius 2 is 1.76 bits per heavy atom. The van der Waals surface area contributed by atoms with E-state index in [2.05, 4.69) is 24.1 Å². The van der Waals surface area contributed by atoms with Crippen LogP contribution in [0.25, 0.3) is 6.08 Å². The van der Waals surface area contributed by atoms with Gasteiger partial charge in [0.25, 0.3) is 5.91 Å². The highest BCUT2D eigenvalue weighted by Gasteiger charge is 2.30. The molecule has 1 heterocycles. The lowest BCUT2D eigenvalue weighted by molar-refractivity contribution is -0.122. The Morgan fingerprint density at radius 1 is 1.07 bits per heavy atom. The molecular formula is C23H27N3O2S. The van der Waals surface area contributed by atoms with E-state index in [1.54, 1.807) is 4.90 Å². The van der Waals surface area contributed by atoms with E-state index in [0.717, 1.165) is 35.8 Å². The molecule has 6 heteroatoms. The maximum absolute atomic E-state index is 13.2. The highest BCUT2D eigenvalue weighted by Crippen LogP contribution is 2.41. The predicted molar refractivity (Wildman–Crippen MR) is 120 cm³/mol. The molecule has 5 nitrogen and oxygen atoms in total. The molecule has 0 aliphatic carbocycles. The molecule has 0 radical (unpaired) electrons. The van der Waals surface area contributed by atoms with Crippen LogP contribution in [0.15, 0.2) is 64.4 Å². The van der Waals surface area contributed by atoms with Crippen LogP contribution < -0.4 is 10.2 Å². The van der Waals surface area contributed by atoms with Gasteiger partial charge in [-0.05, 0) is 36.9 Å². The van der Waals surface area contributed by atoms with E-state index in [1.807, 2.05) is 60.7 Å². The third-order valence-corrected chi connectivity index (χ3v) is 5.95. The van der Waals surface area contributed by atoms with Crippen molar-refractivity contribution in [3.63, 3.8) is 0 Å². The Bertz CT molecular complexity index is 879. The number of likely N-dealkylation sites (N-methyl/N-ethyl adjacent to an activating group) is 1. The van der Waals surface area contributed by atoms with Gasteiger partial charge in [-0.1, -0.05) is 68.1 Å². The first-order valence-electron chi connectivity index (χ1n) is 9.97. The average molecular weight is 410 g/mol. The third kappa shape index (κ3) is 5.49. The van der Waals surface area contributed by atoms with Crippen molar-refractivity contribution < 1.29 is 9.59 Å². The van der Waals surface area contributed by atoms with E-state index in [1.165, 1.54) is 11.8 Å². The molecule has 2 aromatic rings. The first kappa shape index (κ1) is 21.1. The Labute approximate surface area is 176 Å². The molecule has 1 aliphatic heterocycles. The van der Waals surface area contributed by atoms with Crippen LogP contribution in [0.2, 0.25) is 0 Å². The van der Waals surface area contributed by atoms with Crippen molar-refractivity contribution in [2.75, 3.05) is 37.6 Å². The van der Waals surface area contributed by atoms with Gasteiger partial charge in [0, 0.05) is 18.0 Å². The largest absolute Gasteiger partial charge is 0.353 e. The van der Waals surface area contributed by atoms with Gasteiger partial charge in [0.15, 0.2) is 0 Å². The van der Waals surface area contributed by atoms with Crippen molar-refractivity contribution in [3.05, 3.63) is 65.1 Å². The normalized spacial score (nSPS) is 14.9. The standard InChI is InChI=1S/C23H27N3O2S/c1-3-25(4-2)15-14-24-22(27)17-26-19-12-8-9-13-20(19)29-21(23(26)28)16-18-10-6-5-7-11-18/h5-13,16H,3-4,14-15,17H2,1-2H3,(H,24,27). The van der Waals surface area contributed by atoms with Crippen LogP contribution in [0, 0.1) is 0 Å². The van der Waals surface area contributed by atoms with E-state index >= 15 is 0 Å². The summed E-state index contributed by atoms with van der Waals surface area (Å²) in [6, 6.07) is 17.5. The quantitative estimate of drug-likeness (QED) is 0.677. The molecule has 1 N–H and O–H groups in total. The molecule has 29 heavy (non-hydrogen) atoms. The zero-order valence-corrected chi connectivity index (χ0v) is 17.7. The summed E-state index contributed by atoms with van der Waals surface area (Å²) in [6.45, 7) is 7.51. The van der Waals surface area contributed by atoms with Crippen LogP contribution in [0.1, 0.15) is 19.4 Å². The minimum absolute atomic E-state index is 0.0147. The number of hydrogen-bond donors (Lipinski definition) is 1. The molecule has 0 atom stereocenters. The number of para-hydroxylation sites is 1. The van der Waals surface area contributed by atoms with E-state index in [4.69, 9.17) is 0 Å². The van der Waals surface area contributed by atoms with E-state index in [0.29, 0.717) is 11.4 Å². The fraction of sp³-hybridized carbons (Fsp3) is 0.304. The van der Waals surface area contributed by atoms with Crippen molar-refractivity contribution in [2.45, 2.75) is 18.7 Å². The summed E-state index contributed by atoms with van der Waals surface area (Å²) in [5.74, 6) is -0.289. The van der Waals surface area contributed by atoms with Crippen LogP contribution >= 0.6 is 11.8 Å². The molecule has 0 spiro atoms. The summed E-state index contributed by atoms with van der Waals surface area (Å²) < 4.78 is 0. The monoisotopic (exact) mass is 409 g/mol. The van der Waals surface area contributed by atoms with Gasteiger partial charge >= 0.3 is 0 Å². The van der Waals surface area contributed by atoms with Gasteiger partial charge in [0.05, 0.1) is 10.6 Å². The molecule has 152 valence electrons. The minimum atomic E-state index is -0.147. The van der Waals surface area contributed by atoms with Gasteiger partial charge in [-0.15, -0.1) is 0 Å². The first-order chi connectivity index (χ1) is 14.1. The number of benzene rings is 2. The number of anilines is 1. The Balaban J connectivity index is 1.75. The molecule has 1 aliphatic rings. The summed E-state index contributed by atoms with van der Waals surface area (Å²) in [7, 11) is 0. The summed E-state index contributed by atoms with van der Waals surface area (Å²) in [6.07, 6.45) is 1.88. The SMILES string of the molecule is CCN(CC)CCNC(=O)CN1C(=O)C(=Cc2ccccc2)Sc2ccccc21. The molecule has 0 fully saturated rings. The van der Waals surface area contributed by atoms with Gasteiger partial charge in [-0.3, -0.25) is 14.5 Å². The molecule has 0 saturated heterocycles. The second-order valence-electron chi connectivity index (χ2n) is 6.76. The molecule has 0 unspecified atom stereocenters. The van der Waals surface area contributed by atoms with E-state index in [9.17, 15) is 9.59 Å². The minimum Gasteiger partial charge on any atom is -0.353 e. The van der Waals surface area contributed by atoms with Crippen LogP contribution in [0.5, 0.6) is 0 Å². The van der Waals surface area contributed by atoms with Crippen LogP contribution in [-0.2, 0) is 9.59 Å². The van der Waals surface area contributed by atoms with Crippen molar-refractivity contribution in [3.8, 4) is 0 Å². The Kier molecular flexibility index (Phi) is 7.49. The number of fused-ring (bicyclic) bond motifs is 1. The fourth-order valence-corrected chi connectivity index (χ4v) is 4.27. The predicted octanol–water partition coefficient (Wildman–Crippen LogP) is 3.62. The van der Waals surface area contributed by atoms with Crippen molar-refractivity contribution in [1.82, 2.24) is 10.2 Å². The lowest BCUT2D eigenvalue weighted by atomic mass is 10.2. The van der Waals surface area contributed by atoms with E-state index in [-0.39, 0.29) is 18.4 Å². The smallest absolute Gasteiger partial charge is 0.265 e. The van der Waals surface area contributed by atoms with Gasteiger partial charge in [-0.25, -0.2) is 0 Å². The number of nitrogens with zero attached hydrogens (tertiary/aromatic N) is 2. The van der Waals surface area contributed by atoms with Gasteiger partial charge in [-0.2, -0.15) is 0 Å². The summed E-state index contributed by atoms with van der Waals surface area (Å²) in [4.78, 5) is 31.1. The third-order valence-electron chi connectivity index (χ3n) is 4.88. The topological polar surface area (TPSA) is 52.7 Å². The number of thioether (sulfide) groups is 1. The average Bonchev–Trinajstić information content (AvgIpc) is 2.75. The van der Waals surface area contributed by atoms with Crippen molar-refractivity contribution in [2.24, 2.45) is 0 Å². The Morgan fingerprint density at radius 3 is 2.48 bits per heavy atom. The van der Waals surface area contributed by atoms with Gasteiger partial charge in [0.2, 0.25) is 5.91 Å². The molecule has 0 bridgehead atoms. The molecule has 3 rings (SSSR count). The molecule has 0 aromatic heterocycles. The van der Waals surface area contributed by atoms with Gasteiger partial charge < -0.3 is 10.2 Å². The number of amides is 2. The van der Waals surface area contributed by atoms with Crippen LogP contribution in [-0.4, -0.2) is 49.4 Å². The summed E-state index contributed by atoms with van der Waals surface area (Å²) >= 11 is 1.45. The fourth-order valence-electron chi connectivity index (χ4n) is 3.21. The summed E-state index contributed by atoms with van der Waals surface area (Å²) in [5.41, 5.74) is 1.75. The molecule has 0 saturated carbocycles. The molecule has 2 amide bonds. The lowest BCUT2D eigenvalue weighted by Gasteiger charge is -2.30. The highest BCUT2D eigenvalue weighted by molar-refractivity contribution is 8.04. The lowest BCUT2D eigenvalue weighted by Crippen LogP contribution is -2.44. The number of nitrogens with one attached hydrogen (secondary N) is 1. The highest BCUT2D eigenvalue weighted by atomic mass is 32.2. The first-order valence-corrected chi connectivity index (χ1v) is 10.8. The van der Waals surface area contributed by atoms with Crippen molar-refractivity contribution >= 4 is 35.3 Å². The second kappa shape index (κ2) is 10.3. The molecule has 2 aromatic carbocycles.